The maximum Gasteiger partial charge on any atom is 0.0462 e. The summed E-state index contributed by atoms with van der Waals surface area (Å²) in [6.45, 7) is 1.84. The van der Waals surface area contributed by atoms with Crippen LogP contribution in [0.3, 0.4) is 0 Å². The number of hydrogen-bond donors (Lipinski definition) is 1. The largest absolute Gasteiger partial charge is 0.385 e. The summed E-state index contributed by atoms with van der Waals surface area (Å²) in [5, 5.41) is 3.54. The molecule has 0 bridgehead atoms. The lowest BCUT2D eigenvalue weighted by molar-refractivity contribution is 0.194. The molecule has 0 saturated carbocycles. The molecule has 0 heterocycles. The summed E-state index contributed by atoms with van der Waals surface area (Å²) >= 11 is 0. The van der Waals surface area contributed by atoms with E-state index in [1.807, 2.05) is 0 Å². The zero-order valence-corrected chi connectivity index (χ0v) is 12.1. The molecule has 0 fully saturated rings. The fourth-order valence-electron chi connectivity index (χ4n) is 2.26. The second kappa shape index (κ2) is 8.39. The molecule has 0 unspecified atom stereocenters. The molecule has 0 aliphatic carbocycles. The summed E-state index contributed by atoms with van der Waals surface area (Å²) in [5.41, 5.74) is 3.94. The highest BCUT2D eigenvalue weighted by Gasteiger charge is 2.02. The van der Waals surface area contributed by atoms with Gasteiger partial charge in [-0.2, -0.15) is 0 Å². The van der Waals surface area contributed by atoms with E-state index in [-0.39, 0.29) is 0 Å². The van der Waals surface area contributed by atoms with Gasteiger partial charge in [0.1, 0.15) is 0 Å². The second-order valence-corrected chi connectivity index (χ2v) is 4.95. The van der Waals surface area contributed by atoms with Gasteiger partial charge in [0.15, 0.2) is 0 Å². The fraction of sp³-hybridized carbons (Fsp3) is 0.333. The topological polar surface area (TPSA) is 21.3 Å². The molecule has 20 heavy (non-hydrogen) atoms. The molecule has 0 atom stereocenters. The van der Waals surface area contributed by atoms with Crippen LogP contribution in [-0.2, 0) is 11.2 Å². The van der Waals surface area contributed by atoms with Gasteiger partial charge in [0.2, 0.25) is 0 Å². The van der Waals surface area contributed by atoms with E-state index >= 15 is 0 Å². The molecule has 0 amide bonds. The van der Waals surface area contributed by atoms with Crippen molar-refractivity contribution in [3.63, 3.8) is 0 Å². The van der Waals surface area contributed by atoms with Gasteiger partial charge in [-0.3, -0.25) is 0 Å². The SMILES string of the molecule is COCCCCNc1ccccc1Cc1ccccc1. The van der Waals surface area contributed by atoms with Crippen molar-refractivity contribution in [3.8, 4) is 0 Å². The Morgan fingerprint density at radius 1 is 0.900 bits per heavy atom. The van der Waals surface area contributed by atoms with Crippen LogP contribution in [0.2, 0.25) is 0 Å². The molecule has 0 aliphatic heterocycles. The summed E-state index contributed by atoms with van der Waals surface area (Å²) in [4.78, 5) is 0. The van der Waals surface area contributed by atoms with E-state index < -0.39 is 0 Å². The van der Waals surface area contributed by atoms with Crippen LogP contribution in [0.15, 0.2) is 54.6 Å². The summed E-state index contributed by atoms with van der Waals surface area (Å²) in [7, 11) is 1.75. The zero-order valence-electron chi connectivity index (χ0n) is 12.1. The number of rotatable bonds is 8. The van der Waals surface area contributed by atoms with Gasteiger partial charge in [0, 0.05) is 25.9 Å². The van der Waals surface area contributed by atoms with Crippen molar-refractivity contribution in [2.75, 3.05) is 25.6 Å². The molecule has 0 aromatic heterocycles. The van der Waals surface area contributed by atoms with Crippen LogP contribution >= 0.6 is 0 Å². The molecular weight excluding hydrogens is 246 g/mol. The van der Waals surface area contributed by atoms with Crippen molar-refractivity contribution in [2.45, 2.75) is 19.3 Å². The number of nitrogens with one attached hydrogen (secondary N) is 1. The monoisotopic (exact) mass is 269 g/mol. The Labute approximate surface area is 121 Å². The molecule has 0 saturated heterocycles. The first kappa shape index (κ1) is 14.6. The highest BCUT2D eigenvalue weighted by molar-refractivity contribution is 5.52. The third kappa shape index (κ3) is 4.71. The molecule has 2 rings (SSSR count). The molecule has 106 valence electrons. The zero-order chi connectivity index (χ0) is 14.0. The van der Waals surface area contributed by atoms with Crippen molar-refractivity contribution in [1.29, 1.82) is 0 Å². The highest BCUT2D eigenvalue weighted by Crippen LogP contribution is 2.19. The van der Waals surface area contributed by atoms with Crippen LogP contribution in [0.5, 0.6) is 0 Å². The van der Waals surface area contributed by atoms with Crippen LogP contribution in [0.25, 0.3) is 0 Å². The van der Waals surface area contributed by atoms with Gasteiger partial charge in [-0.1, -0.05) is 48.5 Å². The number of para-hydroxylation sites is 1. The predicted octanol–water partition coefficient (Wildman–Crippen LogP) is 4.12. The van der Waals surface area contributed by atoms with Crippen LogP contribution in [-0.4, -0.2) is 20.3 Å². The van der Waals surface area contributed by atoms with Gasteiger partial charge in [0.25, 0.3) is 0 Å². The fourth-order valence-corrected chi connectivity index (χ4v) is 2.26. The number of ether oxygens (including phenoxy) is 1. The smallest absolute Gasteiger partial charge is 0.0462 e. The summed E-state index contributed by atoms with van der Waals surface area (Å²) in [6, 6.07) is 19.2. The lowest BCUT2D eigenvalue weighted by atomic mass is 10.0. The number of unbranched alkanes of at least 4 members (excludes halogenated alkanes) is 1. The number of methoxy groups -OCH3 is 1. The second-order valence-electron chi connectivity index (χ2n) is 4.95. The molecule has 2 aromatic rings. The first-order valence-corrected chi connectivity index (χ1v) is 7.25. The van der Waals surface area contributed by atoms with Gasteiger partial charge in [-0.25, -0.2) is 0 Å². The Bertz CT molecular complexity index is 496. The lowest BCUT2D eigenvalue weighted by Crippen LogP contribution is -2.05. The molecule has 0 radical (unpaired) electrons. The Balaban J connectivity index is 1.92. The molecular formula is C18H23NO. The number of benzene rings is 2. The van der Waals surface area contributed by atoms with Gasteiger partial charge in [-0.05, 0) is 36.5 Å². The van der Waals surface area contributed by atoms with Crippen molar-refractivity contribution in [2.24, 2.45) is 0 Å². The Kier molecular flexibility index (Phi) is 6.12. The van der Waals surface area contributed by atoms with Crippen LogP contribution in [0.4, 0.5) is 5.69 Å². The predicted molar refractivity (Wildman–Crippen MR) is 85.3 cm³/mol. The van der Waals surface area contributed by atoms with Gasteiger partial charge >= 0.3 is 0 Å². The molecule has 1 N–H and O–H groups in total. The molecule has 2 aromatic carbocycles. The molecule has 0 spiro atoms. The van der Waals surface area contributed by atoms with E-state index in [0.29, 0.717) is 0 Å². The van der Waals surface area contributed by atoms with Gasteiger partial charge < -0.3 is 10.1 Å². The van der Waals surface area contributed by atoms with E-state index in [0.717, 1.165) is 32.4 Å². The van der Waals surface area contributed by atoms with E-state index in [1.54, 1.807) is 7.11 Å². The van der Waals surface area contributed by atoms with Crippen molar-refractivity contribution < 1.29 is 4.74 Å². The molecule has 0 aliphatic rings. The Morgan fingerprint density at radius 3 is 2.45 bits per heavy atom. The Hall–Kier alpha value is -1.80. The van der Waals surface area contributed by atoms with Gasteiger partial charge in [-0.15, -0.1) is 0 Å². The minimum atomic E-state index is 0.841. The summed E-state index contributed by atoms with van der Waals surface area (Å²) < 4.78 is 5.07. The third-order valence-electron chi connectivity index (χ3n) is 3.35. The first-order valence-electron chi connectivity index (χ1n) is 7.25. The highest BCUT2D eigenvalue weighted by atomic mass is 16.5. The maximum atomic E-state index is 5.07. The third-order valence-corrected chi connectivity index (χ3v) is 3.35. The quantitative estimate of drug-likeness (QED) is 0.728. The standard InChI is InChI=1S/C18H23NO/c1-20-14-8-7-13-19-18-12-6-5-11-17(18)15-16-9-3-2-4-10-16/h2-6,9-12,19H,7-8,13-15H2,1H3. The van der Waals surface area contributed by atoms with Gasteiger partial charge in [0.05, 0.1) is 0 Å². The van der Waals surface area contributed by atoms with Crippen LogP contribution in [0.1, 0.15) is 24.0 Å². The molecule has 2 heteroatoms. The maximum absolute atomic E-state index is 5.07. The van der Waals surface area contributed by atoms with E-state index in [9.17, 15) is 0 Å². The molecule has 2 nitrogen and oxygen atoms in total. The number of hydrogen-bond acceptors (Lipinski definition) is 2. The average molecular weight is 269 g/mol. The normalized spacial score (nSPS) is 10.4. The average Bonchev–Trinajstić information content (AvgIpc) is 2.50. The van der Waals surface area contributed by atoms with Crippen LogP contribution in [0, 0.1) is 0 Å². The first-order chi connectivity index (χ1) is 9.90. The van der Waals surface area contributed by atoms with E-state index in [2.05, 4.69) is 59.9 Å². The van der Waals surface area contributed by atoms with Crippen LogP contribution < -0.4 is 5.32 Å². The lowest BCUT2D eigenvalue weighted by Gasteiger charge is -2.12. The minimum absolute atomic E-state index is 0.841. The summed E-state index contributed by atoms with van der Waals surface area (Å²) in [6.07, 6.45) is 3.21. The van der Waals surface area contributed by atoms with E-state index in [4.69, 9.17) is 4.74 Å². The van der Waals surface area contributed by atoms with Crippen molar-refractivity contribution >= 4 is 5.69 Å². The van der Waals surface area contributed by atoms with Crippen molar-refractivity contribution in [1.82, 2.24) is 0 Å². The summed E-state index contributed by atoms with van der Waals surface area (Å²) in [5.74, 6) is 0. The minimum Gasteiger partial charge on any atom is -0.385 e. The van der Waals surface area contributed by atoms with E-state index in [1.165, 1.54) is 16.8 Å². The van der Waals surface area contributed by atoms with Crippen molar-refractivity contribution in [3.05, 3.63) is 65.7 Å². The number of anilines is 1. The Morgan fingerprint density at radius 2 is 1.65 bits per heavy atom.